The van der Waals surface area contributed by atoms with Crippen LogP contribution in [0.5, 0.6) is 0 Å². The summed E-state index contributed by atoms with van der Waals surface area (Å²) in [5, 5.41) is 15.4. The first-order chi connectivity index (χ1) is 15.7. The van der Waals surface area contributed by atoms with Crippen LogP contribution in [0.4, 0.5) is 18.9 Å². The zero-order valence-electron chi connectivity index (χ0n) is 18.0. The van der Waals surface area contributed by atoms with Gasteiger partial charge in [-0.3, -0.25) is 9.59 Å². The Morgan fingerprint density at radius 3 is 2.55 bits per heavy atom. The molecule has 2 amide bonds. The van der Waals surface area contributed by atoms with Crippen LogP contribution in [0.15, 0.2) is 35.0 Å². The lowest BCUT2D eigenvalue weighted by Gasteiger charge is -2.42. The number of alkyl halides is 3. The zero-order valence-corrected chi connectivity index (χ0v) is 18.8. The summed E-state index contributed by atoms with van der Waals surface area (Å²) in [6.45, 7) is 1.66. The van der Waals surface area contributed by atoms with Crippen molar-refractivity contribution < 1.29 is 22.8 Å². The summed E-state index contributed by atoms with van der Waals surface area (Å²) in [4.78, 5) is 29.1. The lowest BCUT2D eigenvalue weighted by molar-refractivity contribution is -0.137. The van der Waals surface area contributed by atoms with Crippen molar-refractivity contribution in [2.45, 2.75) is 19.0 Å². The van der Waals surface area contributed by atoms with E-state index < -0.39 is 28.6 Å². The highest BCUT2D eigenvalue weighted by molar-refractivity contribution is 7.08. The highest BCUT2D eigenvalue weighted by Gasteiger charge is 2.51. The Morgan fingerprint density at radius 1 is 1.24 bits per heavy atom. The minimum absolute atomic E-state index is 0.0423. The largest absolute Gasteiger partial charge is 0.417 e. The predicted octanol–water partition coefficient (Wildman–Crippen LogP) is 3.74. The predicted molar refractivity (Wildman–Crippen MR) is 118 cm³/mol. The highest BCUT2D eigenvalue weighted by atomic mass is 32.1. The van der Waals surface area contributed by atoms with Crippen molar-refractivity contribution in [3.05, 3.63) is 51.7 Å². The Kier molecular flexibility index (Phi) is 6.10. The minimum Gasteiger partial charge on any atom is -0.370 e. The van der Waals surface area contributed by atoms with Gasteiger partial charge in [0.05, 0.1) is 28.7 Å². The number of nitrogens with one attached hydrogen (secondary N) is 1. The van der Waals surface area contributed by atoms with Gasteiger partial charge in [-0.15, -0.1) is 0 Å². The number of hydrogen-bond donors (Lipinski definition) is 1. The number of thiophene rings is 1. The number of anilines is 1. The summed E-state index contributed by atoms with van der Waals surface area (Å²) in [6, 6.07) is 7.06. The second kappa shape index (κ2) is 8.71. The van der Waals surface area contributed by atoms with Crippen LogP contribution in [0.3, 0.4) is 0 Å². The molecule has 0 radical (unpaired) electrons. The molecule has 1 unspecified atom stereocenters. The maximum absolute atomic E-state index is 13.5. The molecule has 6 nitrogen and oxygen atoms in total. The first-order valence-corrected chi connectivity index (χ1v) is 11.5. The van der Waals surface area contributed by atoms with E-state index in [9.17, 15) is 22.8 Å². The molecule has 0 aliphatic carbocycles. The van der Waals surface area contributed by atoms with Gasteiger partial charge in [-0.2, -0.15) is 29.8 Å². The maximum atomic E-state index is 13.5. The maximum Gasteiger partial charge on any atom is 0.417 e. The molecule has 1 N–H and O–H groups in total. The number of carbonyl (C=O) groups is 2. The van der Waals surface area contributed by atoms with Crippen LogP contribution < -0.4 is 10.2 Å². The van der Waals surface area contributed by atoms with Crippen LogP contribution in [0.2, 0.25) is 0 Å². The second-order valence-corrected chi connectivity index (χ2v) is 9.33. The molecule has 174 valence electrons. The van der Waals surface area contributed by atoms with Crippen molar-refractivity contribution in [2.75, 3.05) is 38.1 Å². The minimum atomic E-state index is -4.65. The van der Waals surface area contributed by atoms with Crippen molar-refractivity contribution in [3.63, 3.8) is 0 Å². The molecule has 2 saturated heterocycles. The van der Waals surface area contributed by atoms with Crippen molar-refractivity contribution >= 4 is 28.8 Å². The van der Waals surface area contributed by atoms with E-state index in [0.29, 0.717) is 43.7 Å². The highest BCUT2D eigenvalue weighted by Crippen LogP contribution is 2.47. The monoisotopic (exact) mass is 476 g/mol. The summed E-state index contributed by atoms with van der Waals surface area (Å²) >= 11 is 1.45. The smallest absolute Gasteiger partial charge is 0.370 e. The normalized spacial score (nSPS) is 20.0. The van der Waals surface area contributed by atoms with Gasteiger partial charge < -0.3 is 15.1 Å². The molecule has 1 aromatic carbocycles. The number of rotatable bonds is 3. The average Bonchev–Trinajstić information content (AvgIpc) is 3.46. The molecule has 1 atom stereocenters. The summed E-state index contributed by atoms with van der Waals surface area (Å²) < 4.78 is 40.4. The third kappa shape index (κ3) is 4.29. The molecule has 1 spiro atoms. The molecule has 10 heteroatoms. The molecule has 33 heavy (non-hydrogen) atoms. The Balaban J connectivity index is 1.58. The fourth-order valence-electron chi connectivity index (χ4n) is 4.99. The number of likely N-dealkylation sites (tertiary alicyclic amines) is 1. The van der Waals surface area contributed by atoms with Crippen LogP contribution in [0.1, 0.15) is 34.3 Å². The summed E-state index contributed by atoms with van der Waals surface area (Å²) in [6.07, 6.45) is -3.48. The van der Waals surface area contributed by atoms with E-state index in [1.54, 1.807) is 34.4 Å². The number of nitrogens with zero attached hydrogens (tertiary/aromatic N) is 3. The molecule has 2 fully saturated rings. The fraction of sp³-hybridized carbons (Fsp3) is 0.435. The van der Waals surface area contributed by atoms with Crippen molar-refractivity contribution in [2.24, 2.45) is 11.3 Å². The molecular weight excluding hydrogens is 453 g/mol. The van der Waals surface area contributed by atoms with Gasteiger partial charge in [0.2, 0.25) is 5.91 Å². The van der Waals surface area contributed by atoms with Crippen LogP contribution in [-0.4, -0.2) is 49.9 Å². The molecule has 0 bridgehead atoms. The number of piperidine rings is 1. The van der Waals surface area contributed by atoms with E-state index in [4.69, 9.17) is 5.26 Å². The quantitative estimate of drug-likeness (QED) is 0.732. The molecule has 2 aromatic rings. The SMILES string of the molecule is CNC(=O)C1CN(c2ccc(C#N)c(C(F)(F)F)c2)CC12CCN(C(=O)c1ccsc1)CC2. The summed E-state index contributed by atoms with van der Waals surface area (Å²) in [7, 11) is 1.55. The standard InChI is InChI=1S/C23H23F3N4O2S/c1-28-20(31)19-12-30(17-3-2-15(11-27)18(10-17)23(24,25)26)14-22(19)5-7-29(8-6-22)21(32)16-4-9-33-13-16/h2-4,9-10,13,19H,5-8,12,14H2,1H3,(H,28,31). The van der Waals surface area contributed by atoms with E-state index >= 15 is 0 Å². The molecule has 1 aromatic heterocycles. The van der Waals surface area contributed by atoms with Crippen molar-refractivity contribution in [1.82, 2.24) is 10.2 Å². The van der Waals surface area contributed by atoms with Gasteiger partial charge in [0.1, 0.15) is 0 Å². The number of nitriles is 1. The number of benzene rings is 1. The van der Waals surface area contributed by atoms with Crippen LogP contribution in [-0.2, 0) is 11.0 Å². The third-order valence-electron chi connectivity index (χ3n) is 6.82. The van der Waals surface area contributed by atoms with Crippen LogP contribution in [0.25, 0.3) is 0 Å². The zero-order chi connectivity index (χ0) is 23.8. The van der Waals surface area contributed by atoms with Crippen molar-refractivity contribution in [1.29, 1.82) is 5.26 Å². The lowest BCUT2D eigenvalue weighted by Crippen LogP contribution is -2.49. The van der Waals surface area contributed by atoms with Gasteiger partial charge in [-0.1, -0.05) is 0 Å². The van der Waals surface area contributed by atoms with Gasteiger partial charge in [0.25, 0.3) is 5.91 Å². The summed E-state index contributed by atoms with van der Waals surface area (Å²) in [5.74, 6) is -0.606. The Morgan fingerprint density at radius 2 is 1.97 bits per heavy atom. The number of hydrogen-bond acceptors (Lipinski definition) is 5. The average molecular weight is 477 g/mol. The van der Waals surface area contributed by atoms with E-state index in [1.807, 2.05) is 5.38 Å². The van der Waals surface area contributed by atoms with Gasteiger partial charge in [-0.05, 0) is 42.5 Å². The molecule has 2 aliphatic rings. The van der Waals surface area contributed by atoms with Gasteiger partial charge in [0, 0.05) is 49.7 Å². The van der Waals surface area contributed by atoms with Gasteiger partial charge in [-0.25, -0.2) is 0 Å². The number of carbonyl (C=O) groups excluding carboxylic acids is 2. The topological polar surface area (TPSA) is 76.4 Å². The van der Waals surface area contributed by atoms with Gasteiger partial charge in [0.15, 0.2) is 0 Å². The van der Waals surface area contributed by atoms with E-state index in [-0.39, 0.29) is 18.4 Å². The first kappa shape index (κ1) is 23.1. The molecule has 3 heterocycles. The van der Waals surface area contributed by atoms with E-state index in [1.165, 1.54) is 23.5 Å². The Hall–Kier alpha value is -3.06. The van der Waals surface area contributed by atoms with Crippen molar-refractivity contribution in [3.8, 4) is 6.07 Å². The number of halogens is 3. The molecule has 2 aliphatic heterocycles. The lowest BCUT2D eigenvalue weighted by atomic mass is 9.70. The Bertz CT molecular complexity index is 1090. The summed E-state index contributed by atoms with van der Waals surface area (Å²) in [5.41, 5.74) is -0.870. The van der Waals surface area contributed by atoms with Crippen LogP contribution >= 0.6 is 11.3 Å². The molecular formula is C23H23F3N4O2S. The fourth-order valence-corrected chi connectivity index (χ4v) is 5.62. The first-order valence-electron chi connectivity index (χ1n) is 10.6. The molecule has 4 rings (SSSR count). The van der Waals surface area contributed by atoms with Crippen LogP contribution in [0, 0.1) is 22.7 Å². The van der Waals surface area contributed by atoms with E-state index in [0.717, 1.165) is 6.07 Å². The Labute approximate surface area is 193 Å². The third-order valence-corrected chi connectivity index (χ3v) is 7.50. The number of amides is 2. The van der Waals surface area contributed by atoms with Gasteiger partial charge >= 0.3 is 6.18 Å². The van der Waals surface area contributed by atoms with E-state index in [2.05, 4.69) is 5.32 Å². The molecule has 0 saturated carbocycles. The second-order valence-electron chi connectivity index (χ2n) is 8.55.